The van der Waals surface area contributed by atoms with Crippen LogP contribution in [0.3, 0.4) is 0 Å². The van der Waals surface area contributed by atoms with E-state index in [0.717, 1.165) is 17.1 Å². The van der Waals surface area contributed by atoms with Gasteiger partial charge in [0.1, 0.15) is 0 Å². The van der Waals surface area contributed by atoms with E-state index in [1.165, 1.54) is 0 Å². The van der Waals surface area contributed by atoms with Gasteiger partial charge in [0.25, 0.3) is 0 Å². The first-order valence-corrected chi connectivity index (χ1v) is 9.41. The first-order valence-electron chi connectivity index (χ1n) is 7.59. The summed E-state index contributed by atoms with van der Waals surface area (Å²) in [5.74, 6) is 2.89. The Kier molecular flexibility index (Phi) is 4.61. The molecule has 1 atom stereocenters. The summed E-state index contributed by atoms with van der Waals surface area (Å²) in [4.78, 5) is 4.16. The Morgan fingerprint density at radius 1 is 1.30 bits per heavy atom. The number of hydrogen-bond donors (Lipinski definition) is 2. The van der Waals surface area contributed by atoms with Crippen LogP contribution >= 0.6 is 0 Å². The van der Waals surface area contributed by atoms with Gasteiger partial charge in [-0.15, -0.1) is 0 Å². The van der Waals surface area contributed by atoms with Gasteiger partial charge in [0.05, 0.1) is 11.5 Å². The van der Waals surface area contributed by atoms with E-state index in [9.17, 15) is 8.42 Å². The van der Waals surface area contributed by atoms with Crippen LogP contribution < -0.4 is 20.1 Å². The Labute approximate surface area is 136 Å². The second-order valence-electron chi connectivity index (χ2n) is 5.76. The van der Waals surface area contributed by atoms with Gasteiger partial charge in [-0.25, -0.2) is 8.42 Å². The molecule has 0 aromatic heterocycles. The van der Waals surface area contributed by atoms with Crippen molar-refractivity contribution in [1.82, 2.24) is 10.6 Å². The van der Waals surface area contributed by atoms with Gasteiger partial charge in [-0.2, -0.15) is 0 Å². The van der Waals surface area contributed by atoms with E-state index in [1.54, 1.807) is 7.05 Å². The molecule has 0 amide bonds. The zero-order valence-corrected chi connectivity index (χ0v) is 13.9. The third-order valence-electron chi connectivity index (χ3n) is 4.01. The summed E-state index contributed by atoms with van der Waals surface area (Å²) < 4.78 is 33.6. The van der Waals surface area contributed by atoms with Crippen LogP contribution in [0.25, 0.3) is 0 Å². The minimum absolute atomic E-state index is 0.157. The maximum absolute atomic E-state index is 11.5. The molecular weight excluding hydrogens is 318 g/mol. The normalized spacial score (nSPS) is 22.1. The largest absolute Gasteiger partial charge is 0.454 e. The predicted molar refractivity (Wildman–Crippen MR) is 87.5 cm³/mol. The monoisotopic (exact) mass is 339 g/mol. The van der Waals surface area contributed by atoms with Crippen LogP contribution in [0.5, 0.6) is 11.5 Å². The molecule has 23 heavy (non-hydrogen) atoms. The minimum atomic E-state index is -2.84. The predicted octanol–water partition coefficient (Wildman–Crippen LogP) is 0.515. The highest BCUT2D eigenvalue weighted by Crippen LogP contribution is 2.32. The average Bonchev–Trinajstić information content (AvgIpc) is 3.12. The molecule has 8 heteroatoms. The van der Waals surface area contributed by atoms with Crippen molar-refractivity contribution in [3.05, 3.63) is 23.8 Å². The third kappa shape index (κ3) is 4.07. The van der Waals surface area contributed by atoms with Crippen molar-refractivity contribution >= 4 is 15.8 Å². The molecule has 3 rings (SSSR count). The fourth-order valence-corrected chi connectivity index (χ4v) is 4.59. The Morgan fingerprint density at radius 2 is 2.13 bits per heavy atom. The SMILES string of the molecule is CN=C(NCc1ccc2c(c1)OCO2)NCC1CCS(=O)(=O)C1. The molecule has 1 saturated heterocycles. The standard InChI is InChI=1S/C15H21N3O4S/c1-16-15(18-8-12-4-5-23(19,20)9-12)17-7-11-2-3-13-14(6-11)22-10-21-13/h2-3,6,12H,4-5,7-10H2,1H3,(H2,16,17,18). The Balaban J connectivity index is 1.48. The maximum atomic E-state index is 11.5. The molecule has 1 aromatic carbocycles. The molecule has 2 aliphatic rings. The van der Waals surface area contributed by atoms with Crippen LogP contribution in [0, 0.1) is 5.92 Å². The van der Waals surface area contributed by atoms with Gasteiger partial charge in [-0.3, -0.25) is 4.99 Å². The van der Waals surface area contributed by atoms with Gasteiger partial charge >= 0.3 is 0 Å². The number of hydrogen-bond acceptors (Lipinski definition) is 5. The molecule has 7 nitrogen and oxygen atoms in total. The Morgan fingerprint density at radius 3 is 2.87 bits per heavy atom. The Bertz CT molecular complexity index is 703. The van der Waals surface area contributed by atoms with Gasteiger partial charge in [-0.1, -0.05) is 6.07 Å². The fraction of sp³-hybridized carbons (Fsp3) is 0.533. The number of aliphatic imine (C=N–C) groups is 1. The maximum Gasteiger partial charge on any atom is 0.231 e. The molecule has 2 N–H and O–H groups in total. The molecule has 0 bridgehead atoms. The van der Waals surface area contributed by atoms with Gasteiger partial charge in [0.15, 0.2) is 27.3 Å². The van der Waals surface area contributed by atoms with E-state index in [0.29, 0.717) is 31.2 Å². The number of ether oxygens (including phenoxy) is 2. The lowest BCUT2D eigenvalue weighted by Gasteiger charge is -2.14. The summed E-state index contributed by atoms with van der Waals surface area (Å²) in [5, 5.41) is 6.40. The number of fused-ring (bicyclic) bond motifs is 1. The van der Waals surface area contributed by atoms with E-state index in [4.69, 9.17) is 9.47 Å². The summed E-state index contributed by atoms with van der Waals surface area (Å²) in [6.45, 7) is 1.47. The third-order valence-corrected chi connectivity index (χ3v) is 5.84. The highest BCUT2D eigenvalue weighted by molar-refractivity contribution is 7.91. The lowest BCUT2D eigenvalue weighted by molar-refractivity contribution is 0.174. The quantitative estimate of drug-likeness (QED) is 0.614. The highest BCUT2D eigenvalue weighted by Gasteiger charge is 2.27. The number of guanidine groups is 1. The van der Waals surface area contributed by atoms with Crippen LogP contribution in [0.2, 0.25) is 0 Å². The van der Waals surface area contributed by atoms with Crippen LogP contribution in [-0.2, 0) is 16.4 Å². The molecular formula is C15H21N3O4S. The van der Waals surface area contributed by atoms with Crippen molar-refractivity contribution in [3.63, 3.8) is 0 Å². The van der Waals surface area contributed by atoms with E-state index >= 15 is 0 Å². The van der Waals surface area contributed by atoms with E-state index in [2.05, 4.69) is 15.6 Å². The topological polar surface area (TPSA) is 89.0 Å². The van der Waals surface area contributed by atoms with Crippen LogP contribution in [0.1, 0.15) is 12.0 Å². The molecule has 0 spiro atoms. The number of nitrogens with zero attached hydrogens (tertiary/aromatic N) is 1. The molecule has 1 fully saturated rings. The molecule has 1 aromatic rings. The minimum Gasteiger partial charge on any atom is -0.454 e. The van der Waals surface area contributed by atoms with Gasteiger partial charge in [0, 0.05) is 20.1 Å². The number of rotatable bonds is 4. The van der Waals surface area contributed by atoms with E-state index in [-0.39, 0.29) is 18.5 Å². The lowest BCUT2D eigenvalue weighted by atomic mass is 10.1. The van der Waals surface area contributed by atoms with Crippen molar-refractivity contribution in [1.29, 1.82) is 0 Å². The van der Waals surface area contributed by atoms with Crippen LogP contribution in [0.15, 0.2) is 23.2 Å². The molecule has 0 radical (unpaired) electrons. The number of sulfone groups is 1. The van der Waals surface area contributed by atoms with Crippen molar-refractivity contribution in [3.8, 4) is 11.5 Å². The molecule has 126 valence electrons. The lowest BCUT2D eigenvalue weighted by Crippen LogP contribution is -2.39. The van der Waals surface area contributed by atoms with E-state index in [1.807, 2.05) is 18.2 Å². The second-order valence-corrected chi connectivity index (χ2v) is 7.99. The molecule has 2 aliphatic heterocycles. The van der Waals surface area contributed by atoms with Crippen LogP contribution in [0.4, 0.5) is 0 Å². The number of benzene rings is 1. The van der Waals surface area contributed by atoms with Gasteiger partial charge in [0.2, 0.25) is 6.79 Å². The first kappa shape index (κ1) is 15.9. The van der Waals surface area contributed by atoms with Gasteiger partial charge in [-0.05, 0) is 30.0 Å². The summed E-state index contributed by atoms with van der Waals surface area (Å²) in [5.41, 5.74) is 1.06. The van der Waals surface area contributed by atoms with E-state index < -0.39 is 9.84 Å². The van der Waals surface area contributed by atoms with Crippen LogP contribution in [-0.4, -0.2) is 46.3 Å². The smallest absolute Gasteiger partial charge is 0.231 e. The zero-order valence-electron chi connectivity index (χ0n) is 13.0. The Hall–Kier alpha value is -1.96. The summed E-state index contributed by atoms with van der Waals surface area (Å²) in [6.07, 6.45) is 0.717. The summed E-state index contributed by atoms with van der Waals surface area (Å²) >= 11 is 0. The fourth-order valence-electron chi connectivity index (χ4n) is 2.73. The number of nitrogens with one attached hydrogen (secondary N) is 2. The first-order chi connectivity index (χ1) is 11.1. The average molecular weight is 339 g/mol. The zero-order chi connectivity index (χ0) is 16.3. The second kappa shape index (κ2) is 6.66. The van der Waals surface area contributed by atoms with Crippen molar-refractivity contribution in [2.24, 2.45) is 10.9 Å². The molecule has 2 heterocycles. The highest BCUT2D eigenvalue weighted by atomic mass is 32.2. The molecule has 1 unspecified atom stereocenters. The van der Waals surface area contributed by atoms with Crippen molar-refractivity contribution in [2.45, 2.75) is 13.0 Å². The van der Waals surface area contributed by atoms with Gasteiger partial charge < -0.3 is 20.1 Å². The molecule has 0 saturated carbocycles. The summed E-state index contributed by atoms with van der Waals surface area (Å²) in [6, 6.07) is 5.79. The molecule has 0 aliphatic carbocycles. The van der Waals surface area contributed by atoms with Crippen molar-refractivity contribution < 1.29 is 17.9 Å². The van der Waals surface area contributed by atoms with Crippen molar-refractivity contribution in [2.75, 3.05) is 31.9 Å². The summed E-state index contributed by atoms with van der Waals surface area (Å²) in [7, 11) is -1.14.